The van der Waals surface area contributed by atoms with Gasteiger partial charge in [-0.1, -0.05) is 25.3 Å². The third kappa shape index (κ3) is 3.42. The van der Waals surface area contributed by atoms with Gasteiger partial charge in [0.2, 0.25) is 0 Å². The lowest BCUT2D eigenvalue weighted by molar-refractivity contribution is 1.02. The predicted octanol–water partition coefficient (Wildman–Crippen LogP) is 4.29. The molecule has 0 bridgehead atoms. The van der Waals surface area contributed by atoms with Crippen LogP contribution in [0.3, 0.4) is 0 Å². The molecule has 0 fully saturated rings. The van der Waals surface area contributed by atoms with Gasteiger partial charge in [-0.3, -0.25) is 0 Å². The standard InChI is InChI=1S/C17H19N3/c1-4-6-7-15(5-2)19-13(3)20-16-8-9-17-14(12-16)10-11-18-17/h4-12,18-20H,2-3H2,1H3/b6-4-,15-7+. The van der Waals surface area contributed by atoms with Crippen LogP contribution in [0.1, 0.15) is 6.92 Å². The summed E-state index contributed by atoms with van der Waals surface area (Å²) in [5, 5.41) is 7.57. The molecule has 2 aromatic rings. The van der Waals surface area contributed by atoms with E-state index in [9.17, 15) is 0 Å². The number of anilines is 1. The smallest absolute Gasteiger partial charge is 0.100 e. The van der Waals surface area contributed by atoms with Gasteiger partial charge in [0.15, 0.2) is 0 Å². The molecule has 0 aliphatic carbocycles. The fourth-order valence-electron chi connectivity index (χ4n) is 1.87. The van der Waals surface area contributed by atoms with E-state index in [0.717, 1.165) is 22.3 Å². The molecule has 0 unspecified atom stereocenters. The quantitative estimate of drug-likeness (QED) is 0.682. The van der Waals surface area contributed by atoms with Crippen molar-refractivity contribution in [2.45, 2.75) is 6.92 Å². The molecular weight excluding hydrogens is 246 g/mol. The maximum atomic E-state index is 3.97. The second-order valence-corrected chi connectivity index (χ2v) is 4.36. The van der Waals surface area contributed by atoms with Crippen molar-refractivity contribution < 1.29 is 0 Å². The van der Waals surface area contributed by atoms with E-state index in [2.05, 4.69) is 34.8 Å². The summed E-state index contributed by atoms with van der Waals surface area (Å²) < 4.78 is 0. The maximum Gasteiger partial charge on any atom is 0.100 e. The molecule has 2 rings (SSSR count). The topological polar surface area (TPSA) is 39.8 Å². The van der Waals surface area contributed by atoms with E-state index < -0.39 is 0 Å². The Kier molecular flexibility index (Phi) is 4.45. The highest BCUT2D eigenvalue weighted by Gasteiger charge is 1.99. The minimum Gasteiger partial charge on any atom is -0.361 e. The Morgan fingerprint density at radius 3 is 2.90 bits per heavy atom. The van der Waals surface area contributed by atoms with Gasteiger partial charge in [-0.2, -0.15) is 0 Å². The van der Waals surface area contributed by atoms with Gasteiger partial charge in [-0.05, 0) is 43.3 Å². The molecule has 1 aromatic heterocycles. The SMILES string of the molecule is C=C/C(=C\C=C/C)NC(=C)Nc1ccc2[nH]ccc2c1. The third-order valence-corrected chi connectivity index (χ3v) is 2.83. The number of aromatic amines is 1. The van der Waals surface area contributed by atoms with E-state index in [1.165, 1.54) is 0 Å². The van der Waals surface area contributed by atoms with E-state index >= 15 is 0 Å². The number of benzene rings is 1. The van der Waals surface area contributed by atoms with Crippen LogP contribution >= 0.6 is 0 Å². The van der Waals surface area contributed by atoms with Crippen molar-refractivity contribution in [3.05, 3.63) is 79.4 Å². The van der Waals surface area contributed by atoms with Crippen molar-refractivity contribution in [3.63, 3.8) is 0 Å². The highest BCUT2D eigenvalue weighted by molar-refractivity contribution is 5.83. The summed E-state index contributed by atoms with van der Waals surface area (Å²) in [5.41, 5.74) is 3.00. The first kappa shape index (κ1) is 13.7. The Bertz CT molecular complexity index is 674. The van der Waals surface area contributed by atoms with Gasteiger partial charge in [0.25, 0.3) is 0 Å². The van der Waals surface area contributed by atoms with E-state index in [1.807, 2.05) is 49.5 Å². The van der Waals surface area contributed by atoms with Crippen LogP contribution in [0.4, 0.5) is 5.69 Å². The summed E-state index contributed by atoms with van der Waals surface area (Å²) in [6, 6.07) is 8.16. The number of H-pyrrole nitrogens is 1. The summed E-state index contributed by atoms with van der Waals surface area (Å²) in [4.78, 5) is 3.17. The van der Waals surface area contributed by atoms with Gasteiger partial charge in [0.1, 0.15) is 5.82 Å². The normalized spacial score (nSPS) is 11.8. The zero-order chi connectivity index (χ0) is 14.4. The molecular formula is C17H19N3. The Balaban J connectivity index is 2.05. The molecule has 0 aliphatic rings. The molecule has 0 saturated heterocycles. The van der Waals surface area contributed by atoms with Gasteiger partial charge in [0, 0.05) is 28.5 Å². The number of rotatable bonds is 6. The number of nitrogens with one attached hydrogen (secondary N) is 3. The molecule has 0 radical (unpaired) electrons. The lowest BCUT2D eigenvalue weighted by Crippen LogP contribution is -2.16. The molecule has 0 aliphatic heterocycles. The van der Waals surface area contributed by atoms with Gasteiger partial charge >= 0.3 is 0 Å². The first-order valence-electron chi connectivity index (χ1n) is 6.48. The summed E-state index contributed by atoms with van der Waals surface area (Å²) >= 11 is 0. The lowest BCUT2D eigenvalue weighted by Gasteiger charge is -2.12. The fraction of sp³-hybridized carbons (Fsp3) is 0.0588. The van der Waals surface area contributed by atoms with Crippen LogP contribution in [0.5, 0.6) is 0 Å². The first-order valence-corrected chi connectivity index (χ1v) is 6.48. The van der Waals surface area contributed by atoms with E-state index in [0.29, 0.717) is 5.82 Å². The Morgan fingerprint density at radius 2 is 2.15 bits per heavy atom. The van der Waals surface area contributed by atoms with Crippen LogP contribution in [-0.4, -0.2) is 4.98 Å². The second-order valence-electron chi connectivity index (χ2n) is 4.36. The Morgan fingerprint density at radius 1 is 1.30 bits per heavy atom. The fourth-order valence-corrected chi connectivity index (χ4v) is 1.87. The average Bonchev–Trinajstić information content (AvgIpc) is 2.90. The minimum atomic E-state index is 0.704. The number of allylic oxidation sites excluding steroid dienone is 4. The van der Waals surface area contributed by atoms with Crippen LogP contribution in [0, 0.1) is 0 Å². The van der Waals surface area contributed by atoms with E-state index in [1.54, 1.807) is 6.08 Å². The molecule has 1 heterocycles. The summed E-state index contributed by atoms with van der Waals surface area (Å²) in [6.45, 7) is 9.71. The van der Waals surface area contributed by atoms with Crippen molar-refractivity contribution in [1.82, 2.24) is 10.3 Å². The van der Waals surface area contributed by atoms with Crippen molar-refractivity contribution >= 4 is 16.6 Å². The number of aromatic nitrogens is 1. The zero-order valence-corrected chi connectivity index (χ0v) is 11.6. The molecule has 102 valence electrons. The second kappa shape index (κ2) is 6.48. The lowest BCUT2D eigenvalue weighted by atomic mass is 10.2. The highest BCUT2D eigenvalue weighted by atomic mass is 15.1. The highest BCUT2D eigenvalue weighted by Crippen LogP contribution is 2.18. The summed E-state index contributed by atoms with van der Waals surface area (Å²) in [7, 11) is 0. The predicted molar refractivity (Wildman–Crippen MR) is 87.3 cm³/mol. The van der Waals surface area contributed by atoms with E-state index in [-0.39, 0.29) is 0 Å². The molecule has 3 nitrogen and oxygen atoms in total. The molecule has 0 saturated carbocycles. The zero-order valence-electron chi connectivity index (χ0n) is 11.6. The van der Waals surface area contributed by atoms with Gasteiger partial charge in [-0.25, -0.2) is 0 Å². The molecule has 0 atom stereocenters. The van der Waals surface area contributed by atoms with Crippen LogP contribution in [0.25, 0.3) is 10.9 Å². The van der Waals surface area contributed by atoms with Crippen LogP contribution in [0.2, 0.25) is 0 Å². The third-order valence-electron chi connectivity index (χ3n) is 2.83. The summed E-state index contributed by atoms with van der Waals surface area (Å²) in [5.74, 6) is 0.704. The molecule has 0 spiro atoms. The molecule has 0 amide bonds. The average molecular weight is 265 g/mol. The molecule has 20 heavy (non-hydrogen) atoms. The first-order chi connectivity index (χ1) is 9.72. The molecule has 3 N–H and O–H groups in total. The number of hydrogen-bond donors (Lipinski definition) is 3. The molecule has 1 aromatic carbocycles. The van der Waals surface area contributed by atoms with Gasteiger partial charge < -0.3 is 15.6 Å². The van der Waals surface area contributed by atoms with Crippen molar-refractivity contribution in [1.29, 1.82) is 0 Å². The maximum absolute atomic E-state index is 3.97. The van der Waals surface area contributed by atoms with Crippen LogP contribution < -0.4 is 10.6 Å². The monoisotopic (exact) mass is 265 g/mol. The van der Waals surface area contributed by atoms with Crippen molar-refractivity contribution in [2.75, 3.05) is 5.32 Å². The Labute approximate surface area is 119 Å². The van der Waals surface area contributed by atoms with Crippen LogP contribution in [-0.2, 0) is 0 Å². The van der Waals surface area contributed by atoms with Gasteiger partial charge in [0.05, 0.1) is 0 Å². The van der Waals surface area contributed by atoms with Crippen molar-refractivity contribution in [2.24, 2.45) is 0 Å². The molecule has 3 heteroatoms. The number of fused-ring (bicyclic) bond motifs is 1. The summed E-state index contributed by atoms with van der Waals surface area (Å²) in [6.07, 6.45) is 9.53. The minimum absolute atomic E-state index is 0.704. The number of hydrogen-bond acceptors (Lipinski definition) is 2. The van der Waals surface area contributed by atoms with Crippen LogP contribution in [0.15, 0.2) is 79.4 Å². The van der Waals surface area contributed by atoms with E-state index in [4.69, 9.17) is 0 Å². The largest absolute Gasteiger partial charge is 0.361 e. The van der Waals surface area contributed by atoms with Crippen molar-refractivity contribution in [3.8, 4) is 0 Å². The Hall–Kier alpha value is -2.68. The van der Waals surface area contributed by atoms with Gasteiger partial charge in [-0.15, -0.1) is 0 Å².